The molecule has 0 aliphatic carbocycles. The zero-order chi connectivity index (χ0) is 9.97. The smallest absolute Gasteiger partial charge is 0.192 e. The molecule has 0 fully saturated rings. The second-order valence-corrected chi connectivity index (χ2v) is 3.39. The van der Waals surface area contributed by atoms with Gasteiger partial charge in [-0.1, -0.05) is 42.5 Å². The van der Waals surface area contributed by atoms with Gasteiger partial charge < -0.3 is 4.98 Å². The van der Waals surface area contributed by atoms with Crippen LogP contribution in [0.5, 0.6) is 0 Å². The molecule has 3 heteroatoms. The van der Waals surface area contributed by atoms with Crippen molar-refractivity contribution in [3.63, 3.8) is 0 Å². The van der Waals surface area contributed by atoms with Gasteiger partial charge in [-0.15, -0.1) is 0 Å². The quantitative estimate of drug-likeness (QED) is 0.556. The van der Waals surface area contributed by atoms with Gasteiger partial charge in [0.15, 0.2) is 5.95 Å². The Balaban J connectivity index is 2.58. The first-order valence-electron chi connectivity index (χ1n) is 4.21. The maximum Gasteiger partial charge on any atom is 0.192 e. The largest absolute Gasteiger partial charge is 0.323 e. The van der Waals surface area contributed by atoms with Crippen LogP contribution >= 0.6 is 12.2 Å². The number of H-pyrrole nitrogens is 1. The molecular formula is C11H8FNS. The predicted molar refractivity (Wildman–Crippen MR) is 57.0 cm³/mol. The lowest BCUT2D eigenvalue weighted by atomic mass is 10.1. The van der Waals surface area contributed by atoms with Gasteiger partial charge in [-0.3, -0.25) is 0 Å². The number of aromatic nitrogens is 1. The summed E-state index contributed by atoms with van der Waals surface area (Å²) in [6.07, 6.45) is 0. The molecule has 1 heterocycles. The van der Waals surface area contributed by atoms with Gasteiger partial charge in [0, 0.05) is 0 Å². The third-order valence-corrected chi connectivity index (χ3v) is 2.14. The molecule has 0 radical (unpaired) electrons. The van der Waals surface area contributed by atoms with Crippen molar-refractivity contribution in [1.82, 2.24) is 4.98 Å². The summed E-state index contributed by atoms with van der Waals surface area (Å²) in [6, 6.07) is 12.8. The molecule has 0 atom stereocenters. The molecule has 2 aromatic rings. The zero-order valence-corrected chi connectivity index (χ0v) is 8.14. The summed E-state index contributed by atoms with van der Waals surface area (Å²) in [4.78, 5) is 2.43. The van der Waals surface area contributed by atoms with Crippen LogP contribution in [0.1, 0.15) is 0 Å². The van der Waals surface area contributed by atoms with Crippen LogP contribution in [-0.4, -0.2) is 4.98 Å². The Kier molecular flexibility index (Phi) is 2.41. The molecule has 1 N–H and O–H groups in total. The first kappa shape index (κ1) is 9.09. The Morgan fingerprint density at radius 3 is 2.36 bits per heavy atom. The Labute approximate surface area is 86.2 Å². The van der Waals surface area contributed by atoms with Crippen LogP contribution in [0.25, 0.3) is 11.1 Å². The number of pyridine rings is 1. The van der Waals surface area contributed by atoms with Crippen molar-refractivity contribution in [3.8, 4) is 11.1 Å². The fourth-order valence-electron chi connectivity index (χ4n) is 1.31. The molecular weight excluding hydrogens is 197 g/mol. The third kappa shape index (κ3) is 1.88. The van der Waals surface area contributed by atoms with E-state index in [1.54, 1.807) is 6.07 Å². The van der Waals surface area contributed by atoms with Gasteiger partial charge in [-0.25, -0.2) is 0 Å². The number of hydrogen-bond donors (Lipinski definition) is 1. The third-order valence-electron chi connectivity index (χ3n) is 1.92. The number of benzene rings is 1. The molecule has 1 aromatic heterocycles. The van der Waals surface area contributed by atoms with E-state index in [-0.39, 0.29) is 0 Å². The van der Waals surface area contributed by atoms with Gasteiger partial charge in [0.1, 0.15) is 4.64 Å². The van der Waals surface area contributed by atoms with Crippen LogP contribution in [-0.2, 0) is 0 Å². The molecule has 0 saturated carbocycles. The van der Waals surface area contributed by atoms with E-state index in [1.165, 1.54) is 6.07 Å². The van der Waals surface area contributed by atoms with E-state index in [9.17, 15) is 4.39 Å². The second kappa shape index (κ2) is 3.72. The summed E-state index contributed by atoms with van der Waals surface area (Å²) in [5.41, 5.74) is 1.76. The SMILES string of the molecule is Fc1cc(-c2ccccc2)cc(=S)[nH]1. The van der Waals surface area contributed by atoms with Crippen LogP contribution in [0, 0.1) is 10.6 Å². The van der Waals surface area contributed by atoms with E-state index in [2.05, 4.69) is 4.98 Å². The average molecular weight is 205 g/mol. The average Bonchev–Trinajstić information content (AvgIpc) is 2.18. The van der Waals surface area contributed by atoms with Crippen molar-refractivity contribution in [2.24, 2.45) is 0 Å². The Hall–Kier alpha value is -1.48. The lowest BCUT2D eigenvalue weighted by Gasteiger charge is -2.00. The topological polar surface area (TPSA) is 15.8 Å². The fourth-order valence-corrected chi connectivity index (χ4v) is 1.53. The monoisotopic (exact) mass is 205 g/mol. The number of aromatic amines is 1. The number of hydrogen-bond acceptors (Lipinski definition) is 1. The predicted octanol–water partition coefficient (Wildman–Crippen LogP) is 3.55. The fraction of sp³-hybridized carbons (Fsp3) is 0. The van der Waals surface area contributed by atoms with Gasteiger partial charge in [0.25, 0.3) is 0 Å². The lowest BCUT2D eigenvalue weighted by Crippen LogP contribution is -1.85. The van der Waals surface area contributed by atoms with Crippen LogP contribution in [0.15, 0.2) is 42.5 Å². The van der Waals surface area contributed by atoms with Crippen LogP contribution in [0.4, 0.5) is 4.39 Å². The second-order valence-electron chi connectivity index (χ2n) is 2.95. The Morgan fingerprint density at radius 2 is 1.71 bits per heavy atom. The Bertz CT molecular complexity index is 490. The van der Waals surface area contributed by atoms with Crippen molar-refractivity contribution in [3.05, 3.63) is 53.1 Å². The molecule has 0 spiro atoms. The summed E-state index contributed by atoms with van der Waals surface area (Å²) in [5, 5.41) is 0. The minimum absolute atomic E-state index is 0.406. The molecule has 0 amide bonds. The van der Waals surface area contributed by atoms with Gasteiger partial charge in [0.05, 0.1) is 0 Å². The van der Waals surface area contributed by atoms with Crippen LogP contribution in [0.3, 0.4) is 0 Å². The maximum absolute atomic E-state index is 13.0. The van der Waals surface area contributed by atoms with E-state index in [0.717, 1.165) is 11.1 Å². The van der Waals surface area contributed by atoms with Gasteiger partial charge in [-0.05, 0) is 23.3 Å². The summed E-state index contributed by atoms with van der Waals surface area (Å²) < 4.78 is 13.4. The highest BCUT2D eigenvalue weighted by atomic mass is 32.1. The number of halogens is 1. The number of rotatable bonds is 1. The van der Waals surface area contributed by atoms with Crippen molar-refractivity contribution < 1.29 is 4.39 Å². The minimum atomic E-state index is -0.406. The zero-order valence-electron chi connectivity index (χ0n) is 7.33. The molecule has 1 nitrogen and oxygen atoms in total. The molecule has 70 valence electrons. The molecule has 0 aliphatic rings. The van der Waals surface area contributed by atoms with Crippen LogP contribution in [0.2, 0.25) is 0 Å². The van der Waals surface area contributed by atoms with Crippen molar-refractivity contribution in [2.45, 2.75) is 0 Å². The summed E-state index contributed by atoms with van der Waals surface area (Å²) in [7, 11) is 0. The van der Waals surface area contributed by atoms with Gasteiger partial charge >= 0.3 is 0 Å². The van der Waals surface area contributed by atoms with Crippen molar-refractivity contribution in [1.29, 1.82) is 0 Å². The van der Waals surface area contributed by atoms with E-state index in [1.807, 2.05) is 30.3 Å². The first-order valence-corrected chi connectivity index (χ1v) is 4.62. The van der Waals surface area contributed by atoms with E-state index < -0.39 is 5.95 Å². The van der Waals surface area contributed by atoms with E-state index in [4.69, 9.17) is 12.2 Å². The van der Waals surface area contributed by atoms with E-state index >= 15 is 0 Å². The highest BCUT2D eigenvalue weighted by molar-refractivity contribution is 7.71. The molecule has 0 unspecified atom stereocenters. The molecule has 0 aliphatic heterocycles. The number of nitrogens with one attached hydrogen (secondary N) is 1. The van der Waals surface area contributed by atoms with Gasteiger partial charge in [0.2, 0.25) is 0 Å². The normalized spacial score (nSPS) is 10.1. The first-order chi connectivity index (χ1) is 6.75. The minimum Gasteiger partial charge on any atom is -0.323 e. The van der Waals surface area contributed by atoms with E-state index in [0.29, 0.717) is 4.64 Å². The van der Waals surface area contributed by atoms with Crippen molar-refractivity contribution in [2.75, 3.05) is 0 Å². The van der Waals surface area contributed by atoms with Gasteiger partial charge in [-0.2, -0.15) is 4.39 Å². The summed E-state index contributed by atoms with van der Waals surface area (Å²) >= 11 is 4.89. The van der Waals surface area contributed by atoms with Crippen LogP contribution < -0.4 is 0 Å². The lowest BCUT2D eigenvalue weighted by molar-refractivity contribution is 0.583. The Morgan fingerprint density at radius 1 is 1.00 bits per heavy atom. The highest BCUT2D eigenvalue weighted by Crippen LogP contribution is 2.18. The molecule has 1 aromatic carbocycles. The summed E-state index contributed by atoms with van der Waals surface area (Å²) in [5.74, 6) is -0.406. The standard InChI is InChI=1S/C11H8FNS/c12-10-6-9(7-11(14)13-10)8-4-2-1-3-5-8/h1-7H,(H,13,14). The summed E-state index contributed by atoms with van der Waals surface area (Å²) in [6.45, 7) is 0. The highest BCUT2D eigenvalue weighted by Gasteiger charge is 1.98. The molecule has 0 saturated heterocycles. The molecule has 14 heavy (non-hydrogen) atoms. The van der Waals surface area contributed by atoms with Crippen molar-refractivity contribution >= 4 is 12.2 Å². The maximum atomic E-state index is 13.0. The molecule has 2 rings (SSSR count). The molecule has 0 bridgehead atoms.